The number of nitrogens with zero attached hydrogens (tertiary/aromatic N) is 1. The van der Waals surface area contributed by atoms with Crippen molar-refractivity contribution in [3.05, 3.63) is 53.5 Å². The largest absolute Gasteiger partial charge is 0.543 e. The van der Waals surface area contributed by atoms with E-state index in [0.29, 0.717) is 42.7 Å². The molecule has 2 aromatic rings. The van der Waals surface area contributed by atoms with Crippen LogP contribution in [0.3, 0.4) is 0 Å². The highest BCUT2D eigenvalue weighted by molar-refractivity contribution is 6.78. The molecule has 1 aliphatic heterocycles. The lowest BCUT2D eigenvalue weighted by atomic mass is 9.62. The van der Waals surface area contributed by atoms with E-state index in [-0.39, 0.29) is 0 Å². The second-order valence-electron chi connectivity index (χ2n) is 10.6. The van der Waals surface area contributed by atoms with Gasteiger partial charge in [-0.25, -0.2) is 0 Å². The molecule has 0 N–H and O–H groups in total. The molecular weight excluding hydrogens is 430 g/mol. The Morgan fingerprint density at radius 1 is 1.00 bits per heavy atom. The highest BCUT2D eigenvalue weighted by Gasteiger charge is 2.49. The number of ether oxygens (including phenoxy) is 2. The van der Waals surface area contributed by atoms with Gasteiger partial charge >= 0.3 is 0 Å². The fourth-order valence-corrected chi connectivity index (χ4v) is 11.5. The zero-order valence-electron chi connectivity index (χ0n) is 20.8. The first-order chi connectivity index (χ1) is 15.7. The molecule has 2 aliphatic rings. The Balaban J connectivity index is 1.54. The molecule has 1 aromatic carbocycles. The van der Waals surface area contributed by atoms with E-state index in [1.165, 1.54) is 5.56 Å². The molecule has 1 saturated heterocycles. The summed E-state index contributed by atoms with van der Waals surface area (Å²) in [4.78, 5) is 0. The summed E-state index contributed by atoms with van der Waals surface area (Å²) < 4.78 is 24.2. The molecule has 1 fully saturated rings. The summed E-state index contributed by atoms with van der Waals surface area (Å²) in [6.45, 7) is 14.9. The van der Waals surface area contributed by atoms with Crippen molar-refractivity contribution < 1.29 is 18.3 Å². The molecule has 33 heavy (non-hydrogen) atoms. The van der Waals surface area contributed by atoms with E-state index < -0.39 is 19.5 Å². The number of fused-ring (bicyclic) bond motifs is 1. The first-order valence-electron chi connectivity index (χ1n) is 12.2. The molecule has 1 atom stereocenters. The molecule has 2 heterocycles. The second-order valence-corrected chi connectivity index (χ2v) is 15.9. The van der Waals surface area contributed by atoms with Crippen LogP contribution in [0.5, 0.6) is 5.75 Å². The lowest BCUT2D eigenvalue weighted by Crippen LogP contribution is -2.50. The van der Waals surface area contributed by atoms with Crippen molar-refractivity contribution in [3.8, 4) is 11.8 Å². The summed E-state index contributed by atoms with van der Waals surface area (Å²) in [6, 6.07) is 10.9. The number of furan rings is 1. The molecule has 178 valence electrons. The van der Waals surface area contributed by atoms with Crippen LogP contribution in [-0.4, -0.2) is 21.5 Å². The van der Waals surface area contributed by atoms with Crippen molar-refractivity contribution >= 4 is 8.32 Å². The summed E-state index contributed by atoms with van der Waals surface area (Å²) in [6.07, 6.45) is 5.33. The van der Waals surface area contributed by atoms with Crippen LogP contribution in [0.2, 0.25) is 16.6 Å². The number of hydrogen-bond acceptors (Lipinski definition) is 5. The monoisotopic (exact) mass is 467 g/mol. The van der Waals surface area contributed by atoms with Gasteiger partial charge in [-0.3, -0.25) is 0 Å². The Hall–Kier alpha value is -2.07. The van der Waals surface area contributed by atoms with E-state index >= 15 is 0 Å². The molecule has 4 rings (SSSR count). The lowest BCUT2D eigenvalue weighted by molar-refractivity contribution is -0.173. The molecule has 0 amide bonds. The van der Waals surface area contributed by atoms with Crippen LogP contribution in [0.4, 0.5) is 0 Å². The van der Waals surface area contributed by atoms with Crippen molar-refractivity contribution in [1.82, 2.24) is 0 Å². The topological polar surface area (TPSA) is 64.6 Å². The maximum atomic E-state index is 10.2. The first-order valence-corrected chi connectivity index (χ1v) is 14.4. The number of hydrogen-bond donors (Lipinski definition) is 0. The van der Waals surface area contributed by atoms with E-state index in [4.69, 9.17) is 18.3 Å². The molecule has 5 nitrogen and oxygen atoms in total. The van der Waals surface area contributed by atoms with Crippen LogP contribution in [0.1, 0.15) is 71.1 Å². The summed E-state index contributed by atoms with van der Waals surface area (Å²) in [5.74, 6) is 0.146. The van der Waals surface area contributed by atoms with Crippen LogP contribution in [0, 0.1) is 11.3 Å². The van der Waals surface area contributed by atoms with Crippen LogP contribution >= 0.6 is 0 Å². The van der Waals surface area contributed by atoms with Gasteiger partial charge in [0.15, 0.2) is 5.79 Å². The van der Waals surface area contributed by atoms with E-state index in [1.807, 2.05) is 6.07 Å². The molecule has 0 saturated carbocycles. The summed E-state index contributed by atoms with van der Waals surface area (Å²) in [5, 5.41) is 10.2. The third-order valence-electron chi connectivity index (χ3n) is 7.90. The smallest absolute Gasteiger partial charge is 0.258 e. The Bertz CT molecular complexity index is 980. The van der Waals surface area contributed by atoms with Gasteiger partial charge in [-0.15, -0.1) is 0 Å². The maximum Gasteiger partial charge on any atom is 0.258 e. The Morgan fingerprint density at radius 3 is 2.18 bits per heavy atom. The van der Waals surface area contributed by atoms with Crippen LogP contribution < -0.4 is 4.43 Å². The van der Waals surface area contributed by atoms with Crippen molar-refractivity contribution in [3.63, 3.8) is 0 Å². The van der Waals surface area contributed by atoms with Crippen molar-refractivity contribution in [2.45, 2.75) is 88.6 Å². The minimum atomic E-state index is -2.01. The fraction of sp³-hybridized carbons (Fsp3) is 0.593. The summed E-state index contributed by atoms with van der Waals surface area (Å²) in [5.41, 5.74) is 4.27. The molecule has 6 heteroatoms. The zero-order valence-corrected chi connectivity index (χ0v) is 21.8. The zero-order chi connectivity index (χ0) is 23.9. The van der Waals surface area contributed by atoms with E-state index in [9.17, 15) is 5.26 Å². The Morgan fingerprint density at radius 2 is 1.67 bits per heavy atom. The predicted molar refractivity (Wildman–Crippen MR) is 131 cm³/mol. The average molecular weight is 468 g/mol. The highest BCUT2D eigenvalue weighted by Crippen LogP contribution is 2.50. The lowest BCUT2D eigenvalue weighted by Gasteiger charge is -2.44. The third kappa shape index (κ3) is 3.94. The fourth-order valence-electron chi connectivity index (χ4n) is 6.27. The average Bonchev–Trinajstić information content (AvgIpc) is 3.45. The van der Waals surface area contributed by atoms with Gasteiger partial charge in [0.05, 0.1) is 37.2 Å². The number of rotatable bonds is 9. The van der Waals surface area contributed by atoms with Crippen LogP contribution in [-0.2, 0) is 27.1 Å². The predicted octanol–water partition coefficient (Wildman–Crippen LogP) is 6.83. The van der Waals surface area contributed by atoms with Crippen molar-refractivity contribution in [1.29, 1.82) is 5.26 Å². The van der Waals surface area contributed by atoms with Gasteiger partial charge in [0.25, 0.3) is 8.32 Å². The molecule has 1 aliphatic carbocycles. The molecular formula is C27H37NO4Si. The maximum absolute atomic E-state index is 10.2. The highest BCUT2D eigenvalue weighted by atomic mass is 28.4. The third-order valence-corrected chi connectivity index (χ3v) is 13.9. The minimum absolute atomic E-state index is 0.511. The van der Waals surface area contributed by atoms with Gasteiger partial charge in [0.2, 0.25) is 0 Å². The van der Waals surface area contributed by atoms with Gasteiger partial charge in [-0.1, -0.05) is 47.6 Å². The van der Waals surface area contributed by atoms with Crippen LogP contribution in [0.25, 0.3) is 0 Å². The standard InChI is InChI=1S/C27H37NO4Si/c1-19(2)33(20(3)4,21(5)6)32-24-7-8-25-22(15-24)16-26(25,18-28)10-11-27(30-13-14-31-27)23-9-12-29-17-23/h7-9,12,15,17,19-21H,10-11,13-14,16H2,1-6H3. The Labute approximate surface area is 199 Å². The number of nitriles is 1. The van der Waals surface area contributed by atoms with E-state index in [0.717, 1.165) is 23.3 Å². The first kappa shape index (κ1) is 24.1. The molecule has 1 aromatic heterocycles. The molecule has 1 unspecified atom stereocenters. The van der Waals surface area contributed by atoms with Gasteiger partial charge < -0.3 is 18.3 Å². The van der Waals surface area contributed by atoms with Gasteiger partial charge in [-0.2, -0.15) is 5.26 Å². The molecule has 0 spiro atoms. The van der Waals surface area contributed by atoms with Gasteiger partial charge in [0.1, 0.15) is 5.75 Å². The second kappa shape index (κ2) is 8.94. The molecule has 0 radical (unpaired) electrons. The number of benzene rings is 1. The van der Waals surface area contributed by atoms with Gasteiger partial charge in [0, 0.05) is 12.0 Å². The van der Waals surface area contributed by atoms with Crippen molar-refractivity contribution in [2.75, 3.05) is 13.2 Å². The summed E-state index contributed by atoms with van der Waals surface area (Å²) in [7, 11) is -2.01. The van der Waals surface area contributed by atoms with Crippen molar-refractivity contribution in [2.24, 2.45) is 0 Å². The Kier molecular flexibility index (Phi) is 6.52. The van der Waals surface area contributed by atoms with E-state index in [1.54, 1.807) is 12.5 Å². The molecule has 0 bridgehead atoms. The van der Waals surface area contributed by atoms with Gasteiger partial charge in [-0.05, 0) is 58.8 Å². The quantitative estimate of drug-likeness (QED) is 0.378. The normalized spacial score (nSPS) is 21.8. The van der Waals surface area contributed by atoms with E-state index in [2.05, 4.69) is 65.8 Å². The summed E-state index contributed by atoms with van der Waals surface area (Å²) >= 11 is 0. The minimum Gasteiger partial charge on any atom is -0.543 e. The SMILES string of the molecule is CC(C)[Si](Oc1ccc2c(c1)CC2(C#N)CCC1(c2ccoc2)OCCO1)(C(C)C)C(C)C. The van der Waals surface area contributed by atoms with Crippen LogP contribution in [0.15, 0.2) is 41.2 Å².